The van der Waals surface area contributed by atoms with E-state index in [1.54, 1.807) is 22.4 Å². The zero-order chi connectivity index (χ0) is 23.2. The summed E-state index contributed by atoms with van der Waals surface area (Å²) in [7, 11) is 3.92. The van der Waals surface area contributed by atoms with Gasteiger partial charge in [0, 0.05) is 36.9 Å². The van der Waals surface area contributed by atoms with Gasteiger partial charge >= 0.3 is 0 Å². The molecule has 4 rings (SSSR count). The van der Waals surface area contributed by atoms with Crippen LogP contribution in [0.4, 0.5) is 11.5 Å². The third kappa shape index (κ3) is 5.55. The highest BCUT2D eigenvalue weighted by molar-refractivity contribution is 7.98. The van der Waals surface area contributed by atoms with E-state index in [0.717, 1.165) is 24.2 Å². The van der Waals surface area contributed by atoms with Crippen molar-refractivity contribution in [1.82, 2.24) is 15.3 Å². The number of thiophene rings is 1. The SMILES string of the molecule is CNCCC(OCc1ccc(N2CCN(C)c3nc(SC)ncc3C2=O)cc1)c1cccs1. The van der Waals surface area contributed by atoms with Crippen LogP contribution in [-0.2, 0) is 11.3 Å². The van der Waals surface area contributed by atoms with E-state index >= 15 is 0 Å². The highest BCUT2D eigenvalue weighted by Crippen LogP contribution is 2.29. The number of anilines is 2. The van der Waals surface area contributed by atoms with Gasteiger partial charge in [-0.1, -0.05) is 30.0 Å². The Balaban J connectivity index is 1.46. The molecule has 1 unspecified atom stereocenters. The van der Waals surface area contributed by atoms with Crippen LogP contribution in [0, 0.1) is 0 Å². The number of rotatable bonds is 9. The highest BCUT2D eigenvalue weighted by atomic mass is 32.2. The van der Waals surface area contributed by atoms with E-state index < -0.39 is 0 Å². The summed E-state index contributed by atoms with van der Waals surface area (Å²) in [6.45, 7) is 2.71. The van der Waals surface area contributed by atoms with Gasteiger partial charge in [-0.3, -0.25) is 4.79 Å². The van der Waals surface area contributed by atoms with Gasteiger partial charge in [-0.2, -0.15) is 0 Å². The minimum atomic E-state index is -0.0733. The van der Waals surface area contributed by atoms with Gasteiger partial charge in [0.15, 0.2) is 5.16 Å². The number of carbonyl (C=O) groups excluding carboxylic acids is 1. The van der Waals surface area contributed by atoms with Crippen LogP contribution in [0.1, 0.15) is 33.3 Å². The van der Waals surface area contributed by atoms with Crippen LogP contribution in [0.2, 0.25) is 0 Å². The first kappa shape index (κ1) is 23.7. The van der Waals surface area contributed by atoms with E-state index in [0.29, 0.717) is 36.2 Å². The summed E-state index contributed by atoms with van der Waals surface area (Å²) in [5, 5.41) is 5.95. The number of nitrogens with zero attached hydrogens (tertiary/aromatic N) is 4. The summed E-state index contributed by atoms with van der Waals surface area (Å²) in [6.07, 6.45) is 4.57. The molecule has 0 aliphatic carbocycles. The lowest BCUT2D eigenvalue weighted by Gasteiger charge is -2.21. The van der Waals surface area contributed by atoms with Crippen molar-refractivity contribution in [2.45, 2.75) is 24.3 Å². The topological polar surface area (TPSA) is 70.6 Å². The Labute approximate surface area is 203 Å². The number of ether oxygens (including phenoxy) is 1. The molecule has 7 nitrogen and oxygen atoms in total. The lowest BCUT2D eigenvalue weighted by atomic mass is 10.1. The number of carbonyl (C=O) groups is 1. The molecule has 9 heteroatoms. The fraction of sp³-hybridized carbons (Fsp3) is 0.375. The van der Waals surface area contributed by atoms with Gasteiger partial charge in [-0.25, -0.2) is 9.97 Å². The van der Waals surface area contributed by atoms with Gasteiger partial charge in [0.05, 0.1) is 12.7 Å². The van der Waals surface area contributed by atoms with Gasteiger partial charge in [-0.05, 0) is 55.4 Å². The average molecular weight is 484 g/mol. The van der Waals surface area contributed by atoms with E-state index in [1.807, 2.05) is 49.5 Å². The molecular weight excluding hydrogens is 454 g/mol. The number of aromatic nitrogens is 2. The Morgan fingerprint density at radius 3 is 2.76 bits per heavy atom. The van der Waals surface area contributed by atoms with E-state index in [-0.39, 0.29) is 12.0 Å². The van der Waals surface area contributed by atoms with Crippen molar-refractivity contribution in [3.63, 3.8) is 0 Å². The molecule has 1 atom stereocenters. The molecule has 1 N–H and O–H groups in total. The smallest absolute Gasteiger partial charge is 0.263 e. The van der Waals surface area contributed by atoms with E-state index in [4.69, 9.17) is 4.74 Å². The number of amides is 1. The highest BCUT2D eigenvalue weighted by Gasteiger charge is 2.28. The molecule has 174 valence electrons. The van der Waals surface area contributed by atoms with Crippen molar-refractivity contribution in [3.8, 4) is 0 Å². The normalized spacial score (nSPS) is 14.8. The molecule has 1 aromatic carbocycles. The molecule has 0 radical (unpaired) electrons. The minimum absolute atomic E-state index is 0.0718. The van der Waals surface area contributed by atoms with Crippen LogP contribution in [-0.4, -0.2) is 55.9 Å². The molecule has 0 saturated carbocycles. The Morgan fingerprint density at radius 2 is 2.06 bits per heavy atom. The number of hydrogen-bond donors (Lipinski definition) is 1. The van der Waals surface area contributed by atoms with Gasteiger partial charge in [0.25, 0.3) is 5.91 Å². The Bertz CT molecular complexity index is 1060. The number of hydrogen-bond acceptors (Lipinski definition) is 8. The average Bonchev–Trinajstić information content (AvgIpc) is 3.35. The first-order valence-electron chi connectivity index (χ1n) is 10.9. The molecular formula is C24H29N5O2S2. The Kier molecular flexibility index (Phi) is 7.97. The summed E-state index contributed by atoms with van der Waals surface area (Å²) in [6, 6.07) is 12.2. The van der Waals surface area contributed by atoms with Crippen LogP contribution in [0.3, 0.4) is 0 Å². The summed E-state index contributed by atoms with van der Waals surface area (Å²) < 4.78 is 6.25. The third-order valence-corrected chi connectivity index (χ3v) is 7.17. The van der Waals surface area contributed by atoms with Crippen LogP contribution in [0.5, 0.6) is 0 Å². The first-order valence-corrected chi connectivity index (χ1v) is 13.0. The van der Waals surface area contributed by atoms with Crippen molar-refractivity contribution in [1.29, 1.82) is 0 Å². The second-order valence-electron chi connectivity index (χ2n) is 7.85. The van der Waals surface area contributed by atoms with Gasteiger partial charge in [0.2, 0.25) is 0 Å². The molecule has 0 saturated heterocycles. The number of nitrogens with one attached hydrogen (secondary N) is 1. The van der Waals surface area contributed by atoms with Crippen molar-refractivity contribution >= 4 is 40.5 Å². The maximum Gasteiger partial charge on any atom is 0.263 e. The zero-order valence-electron chi connectivity index (χ0n) is 19.2. The summed E-state index contributed by atoms with van der Waals surface area (Å²) in [4.78, 5) is 27.2. The second kappa shape index (κ2) is 11.1. The maximum atomic E-state index is 13.3. The van der Waals surface area contributed by atoms with Crippen LogP contribution >= 0.6 is 23.1 Å². The summed E-state index contributed by atoms with van der Waals surface area (Å²) in [5.74, 6) is 0.615. The predicted molar refractivity (Wildman–Crippen MR) is 136 cm³/mol. The third-order valence-electron chi connectivity index (χ3n) is 5.64. The van der Waals surface area contributed by atoms with Crippen molar-refractivity contribution < 1.29 is 9.53 Å². The molecule has 0 spiro atoms. The van der Waals surface area contributed by atoms with Crippen molar-refractivity contribution in [2.75, 3.05) is 49.8 Å². The van der Waals surface area contributed by atoms with E-state index in [1.165, 1.54) is 16.6 Å². The van der Waals surface area contributed by atoms with Crippen LogP contribution in [0.25, 0.3) is 0 Å². The van der Waals surface area contributed by atoms with Crippen LogP contribution < -0.4 is 15.1 Å². The lowest BCUT2D eigenvalue weighted by Crippen LogP contribution is -2.33. The number of fused-ring (bicyclic) bond motifs is 1. The predicted octanol–water partition coefficient (Wildman–Crippen LogP) is 4.22. The largest absolute Gasteiger partial charge is 0.368 e. The van der Waals surface area contributed by atoms with E-state index in [9.17, 15) is 4.79 Å². The quantitative estimate of drug-likeness (QED) is 0.361. The van der Waals surface area contributed by atoms with Gasteiger partial charge in [0.1, 0.15) is 11.4 Å². The molecule has 33 heavy (non-hydrogen) atoms. The molecule has 3 heterocycles. The number of thioether (sulfide) groups is 1. The Morgan fingerprint density at radius 1 is 1.24 bits per heavy atom. The Hall–Kier alpha value is -2.46. The minimum Gasteiger partial charge on any atom is -0.368 e. The molecule has 0 fully saturated rings. The van der Waals surface area contributed by atoms with E-state index in [2.05, 4.69) is 32.8 Å². The van der Waals surface area contributed by atoms with Crippen molar-refractivity contribution in [2.24, 2.45) is 0 Å². The first-order chi connectivity index (χ1) is 16.1. The van der Waals surface area contributed by atoms with Crippen LogP contribution in [0.15, 0.2) is 53.1 Å². The zero-order valence-corrected chi connectivity index (χ0v) is 20.8. The molecule has 1 aliphatic rings. The summed E-state index contributed by atoms with van der Waals surface area (Å²) >= 11 is 3.20. The van der Waals surface area contributed by atoms with Crippen molar-refractivity contribution in [3.05, 3.63) is 64.0 Å². The summed E-state index contributed by atoms with van der Waals surface area (Å²) in [5.41, 5.74) is 2.48. The molecule has 1 amide bonds. The molecule has 0 bridgehead atoms. The number of likely N-dealkylation sites (N-methyl/N-ethyl adjacent to an activating group) is 1. The van der Waals surface area contributed by atoms with Gasteiger partial charge in [-0.15, -0.1) is 11.3 Å². The fourth-order valence-corrected chi connectivity index (χ4v) is 4.92. The van der Waals surface area contributed by atoms with Gasteiger partial charge < -0.3 is 19.9 Å². The molecule has 1 aliphatic heterocycles. The standard InChI is InChI=1S/C24H29N5O2S2/c1-25-11-10-20(21-5-4-14-33-21)31-16-17-6-8-18(9-7-17)29-13-12-28(2)22-19(23(29)30)15-26-24(27-22)32-3/h4-9,14-15,20,25H,10-13,16H2,1-3H3. The molecule has 2 aromatic heterocycles. The fourth-order valence-electron chi connectivity index (χ4n) is 3.77. The second-order valence-corrected chi connectivity index (χ2v) is 9.60. The monoisotopic (exact) mass is 483 g/mol. The maximum absolute atomic E-state index is 13.3. The number of benzene rings is 1. The molecule has 3 aromatic rings. The lowest BCUT2D eigenvalue weighted by molar-refractivity contribution is 0.0367.